The lowest BCUT2D eigenvalue weighted by Gasteiger charge is -2.46. The molecule has 118 valence electrons. The molecule has 1 fully saturated rings. The molecule has 1 rings (SSSR count). The van der Waals surface area contributed by atoms with Crippen molar-refractivity contribution in [2.75, 3.05) is 6.54 Å². The van der Waals surface area contributed by atoms with Crippen molar-refractivity contribution in [1.82, 2.24) is 5.32 Å². The van der Waals surface area contributed by atoms with E-state index in [1.165, 1.54) is 6.42 Å². The zero-order chi connectivity index (χ0) is 15.6. The second kappa shape index (κ2) is 6.05. The van der Waals surface area contributed by atoms with E-state index in [0.717, 1.165) is 12.8 Å². The molecule has 0 aliphatic heterocycles. The Morgan fingerprint density at radius 1 is 1.15 bits per heavy atom. The molecule has 0 atom stereocenters. The predicted molar refractivity (Wildman–Crippen MR) is 83.9 cm³/mol. The summed E-state index contributed by atoms with van der Waals surface area (Å²) in [7, 11) is 0. The molecule has 0 aromatic rings. The second-order valence-corrected chi connectivity index (χ2v) is 8.28. The highest BCUT2D eigenvalue weighted by molar-refractivity contribution is 5.74. The molecule has 0 radical (unpaired) electrons. The Morgan fingerprint density at radius 2 is 1.60 bits per heavy atom. The fourth-order valence-corrected chi connectivity index (χ4v) is 4.21. The molecular formula is C17H33NO2. The number of nitrogens with one attached hydrogen (secondary N) is 1. The van der Waals surface area contributed by atoms with E-state index in [4.69, 9.17) is 0 Å². The van der Waals surface area contributed by atoms with Crippen LogP contribution < -0.4 is 5.32 Å². The predicted octanol–water partition coefficient (Wildman–Crippen LogP) is 4.07. The van der Waals surface area contributed by atoms with Gasteiger partial charge in [0.1, 0.15) is 0 Å². The van der Waals surface area contributed by atoms with Gasteiger partial charge >= 0.3 is 5.97 Å². The molecule has 0 unspecified atom stereocenters. The smallest absolute Gasteiger partial charge is 0.310 e. The quantitative estimate of drug-likeness (QED) is 0.772. The molecule has 0 amide bonds. The van der Waals surface area contributed by atoms with Gasteiger partial charge < -0.3 is 10.4 Å². The highest BCUT2D eigenvalue weighted by atomic mass is 16.4. The van der Waals surface area contributed by atoms with Gasteiger partial charge in [-0.25, -0.2) is 0 Å². The molecule has 0 bridgehead atoms. The topological polar surface area (TPSA) is 49.3 Å². The van der Waals surface area contributed by atoms with Crippen LogP contribution in [0, 0.1) is 16.2 Å². The van der Waals surface area contributed by atoms with Crippen LogP contribution in [0.1, 0.15) is 73.6 Å². The Hall–Kier alpha value is -0.570. The molecule has 0 aromatic carbocycles. The van der Waals surface area contributed by atoms with Crippen LogP contribution in [0.2, 0.25) is 0 Å². The number of aliphatic carboxylic acids is 1. The minimum absolute atomic E-state index is 0.337. The summed E-state index contributed by atoms with van der Waals surface area (Å²) in [6, 6.07) is 0.436. The van der Waals surface area contributed by atoms with E-state index in [2.05, 4.69) is 33.0 Å². The minimum Gasteiger partial charge on any atom is -0.481 e. The standard InChI is InChI=1S/C17H33NO2/c1-7-17(8-2,14(19)20)12-18-13-9-15(3,4)11-16(5,6)10-13/h13,18H,7-12H2,1-6H3,(H,19,20). The van der Waals surface area contributed by atoms with Gasteiger partial charge in [-0.15, -0.1) is 0 Å². The first-order valence-corrected chi connectivity index (χ1v) is 8.03. The van der Waals surface area contributed by atoms with Crippen molar-refractivity contribution >= 4 is 5.97 Å². The summed E-state index contributed by atoms with van der Waals surface area (Å²) in [6.07, 6.45) is 4.89. The fourth-order valence-electron chi connectivity index (χ4n) is 4.21. The third-order valence-electron chi connectivity index (χ3n) is 5.09. The molecule has 1 aliphatic rings. The molecule has 1 saturated carbocycles. The zero-order valence-corrected chi connectivity index (χ0v) is 14.2. The summed E-state index contributed by atoms with van der Waals surface area (Å²) < 4.78 is 0. The Labute approximate surface area is 124 Å². The van der Waals surface area contributed by atoms with E-state index < -0.39 is 11.4 Å². The Morgan fingerprint density at radius 3 is 1.95 bits per heavy atom. The monoisotopic (exact) mass is 283 g/mol. The van der Waals surface area contributed by atoms with Gasteiger partial charge in [0.05, 0.1) is 5.41 Å². The molecule has 3 nitrogen and oxygen atoms in total. The average molecular weight is 283 g/mol. The lowest BCUT2D eigenvalue weighted by atomic mass is 9.63. The lowest BCUT2D eigenvalue weighted by molar-refractivity contribution is -0.149. The average Bonchev–Trinajstić information content (AvgIpc) is 2.26. The fraction of sp³-hybridized carbons (Fsp3) is 0.941. The summed E-state index contributed by atoms with van der Waals surface area (Å²) in [5, 5.41) is 13.1. The zero-order valence-electron chi connectivity index (χ0n) is 14.2. The van der Waals surface area contributed by atoms with Crippen molar-refractivity contribution in [3.8, 4) is 0 Å². The van der Waals surface area contributed by atoms with Crippen LogP contribution in [0.3, 0.4) is 0 Å². The third-order valence-corrected chi connectivity index (χ3v) is 5.09. The Balaban J connectivity index is 2.71. The van der Waals surface area contributed by atoms with Gasteiger partial charge in [-0.2, -0.15) is 0 Å². The van der Waals surface area contributed by atoms with Crippen molar-refractivity contribution in [2.45, 2.75) is 79.7 Å². The van der Waals surface area contributed by atoms with E-state index in [1.807, 2.05) is 13.8 Å². The first-order valence-electron chi connectivity index (χ1n) is 8.03. The van der Waals surface area contributed by atoms with Crippen molar-refractivity contribution in [3.05, 3.63) is 0 Å². The summed E-state index contributed by atoms with van der Waals surface area (Å²) in [5.41, 5.74) is 0.0686. The molecule has 0 saturated heterocycles. The van der Waals surface area contributed by atoms with Crippen LogP contribution in [0.15, 0.2) is 0 Å². The normalized spacial score (nSPS) is 22.7. The number of hydrogen-bond acceptors (Lipinski definition) is 2. The first kappa shape index (κ1) is 17.5. The van der Waals surface area contributed by atoms with Crippen molar-refractivity contribution in [3.63, 3.8) is 0 Å². The van der Waals surface area contributed by atoms with E-state index in [9.17, 15) is 9.90 Å². The van der Waals surface area contributed by atoms with Crippen LogP contribution in [0.5, 0.6) is 0 Å². The largest absolute Gasteiger partial charge is 0.481 e. The number of carbonyl (C=O) groups is 1. The molecule has 0 aromatic heterocycles. The molecule has 1 aliphatic carbocycles. The first-order chi connectivity index (χ1) is 9.06. The van der Waals surface area contributed by atoms with Gasteiger partial charge in [-0.05, 0) is 42.9 Å². The van der Waals surface area contributed by atoms with E-state index >= 15 is 0 Å². The van der Waals surface area contributed by atoms with Crippen LogP contribution >= 0.6 is 0 Å². The van der Waals surface area contributed by atoms with Crippen LogP contribution in [-0.4, -0.2) is 23.7 Å². The molecular weight excluding hydrogens is 250 g/mol. The summed E-state index contributed by atoms with van der Waals surface area (Å²) in [6.45, 7) is 13.9. The number of carboxylic acid groups (broad SMARTS) is 1. The lowest BCUT2D eigenvalue weighted by Crippen LogP contribution is -2.49. The van der Waals surface area contributed by atoms with Crippen molar-refractivity contribution in [1.29, 1.82) is 0 Å². The number of rotatable bonds is 6. The Bertz CT molecular complexity index is 327. The van der Waals surface area contributed by atoms with Crippen LogP contribution in [0.4, 0.5) is 0 Å². The van der Waals surface area contributed by atoms with E-state index in [1.54, 1.807) is 0 Å². The molecule has 20 heavy (non-hydrogen) atoms. The second-order valence-electron chi connectivity index (χ2n) is 8.28. The minimum atomic E-state index is -0.663. The summed E-state index contributed by atoms with van der Waals surface area (Å²) in [5.74, 6) is -0.663. The van der Waals surface area contributed by atoms with Gasteiger partial charge in [0.25, 0.3) is 0 Å². The van der Waals surface area contributed by atoms with E-state index in [0.29, 0.717) is 36.3 Å². The SMILES string of the molecule is CCC(CC)(CNC1CC(C)(C)CC(C)(C)C1)C(=O)O. The molecule has 2 N–H and O–H groups in total. The van der Waals surface area contributed by atoms with Crippen molar-refractivity contribution in [2.24, 2.45) is 16.2 Å². The van der Waals surface area contributed by atoms with Gasteiger partial charge in [-0.1, -0.05) is 41.5 Å². The van der Waals surface area contributed by atoms with Gasteiger partial charge in [0.15, 0.2) is 0 Å². The highest BCUT2D eigenvalue weighted by Crippen LogP contribution is 2.45. The third kappa shape index (κ3) is 4.21. The van der Waals surface area contributed by atoms with Gasteiger partial charge in [-0.3, -0.25) is 4.79 Å². The maximum absolute atomic E-state index is 11.6. The number of hydrogen-bond donors (Lipinski definition) is 2. The van der Waals surface area contributed by atoms with Crippen LogP contribution in [0.25, 0.3) is 0 Å². The number of carboxylic acids is 1. The summed E-state index contributed by atoms with van der Waals surface area (Å²) in [4.78, 5) is 11.6. The molecule has 3 heteroatoms. The molecule has 0 spiro atoms. The maximum Gasteiger partial charge on any atom is 0.310 e. The molecule has 0 heterocycles. The Kier molecular flexibility index (Phi) is 5.29. The van der Waals surface area contributed by atoms with Gasteiger partial charge in [0.2, 0.25) is 0 Å². The maximum atomic E-state index is 11.6. The van der Waals surface area contributed by atoms with Crippen molar-refractivity contribution < 1.29 is 9.90 Å². The van der Waals surface area contributed by atoms with Gasteiger partial charge in [0, 0.05) is 12.6 Å². The highest BCUT2D eigenvalue weighted by Gasteiger charge is 2.40. The van der Waals surface area contributed by atoms with Crippen LogP contribution in [-0.2, 0) is 4.79 Å². The van der Waals surface area contributed by atoms with E-state index in [-0.39, 0.29) is 0 Å². The summed E-state index contributed by atoms with van der Waals surface area (Å²) >= 11 is 0.